The Hall–Kier alpha value is -3.25. The maximum atomic E-state index is 9.88. The van der Waals surface area contributed by atoms with Gasteiger partial charge >= 0.3 is 0 Å². The number of benzene rings is 2. The summed E-state index contributed by atoms with van der Waals surface area (Å²) in [6.45, 7) is 2.07. The van der Waals surface area contributed by atoms with Crippen LogP contribution in [0.4, 0.5) is 0 Å². The molecule has 1 unspecified atom stereocenters. The third-order valence-electron chi connectivity index (χ3n) is 4.61. The van der Waals surface area contributed by atoms with Crippen LogP contribution in [-0.4, -0.2) is 4.57 Å². The maximum Gasteiger partial charge on any atom is 0.0979 e. The predicted octanol–water partition coefficient (Wildman–Crippen LogP) is 4.12. The molecule has 1 aromatic heterocycles. The minimum atomic E-state index is -0.161. The third kappa shape index (κ3) is 2.04. The van der Waals surface area contributed by atoms with Crippen molar-refractivity contribution in [3.05, 3.63) is 94.8 Å². The van der Waals surface area contributed by atoms with Gasteiger partial charge in [0.15, 0.2) is 0 Å². The minimum absolute atomic E-state index is 0.161. The van der Waals surface area contributed by atoms with Gasteiger partial charge in [0.05, 0.1) is 23.0 Å². The summed E-state index contributed by atoms with van der Waals surface area (Å²) in [5.41, 5.74) is 12.9. The van der Waals surface area contributed by atoms with E-state index in [1.807, 2.05) is 36.5 Å². The molecule has 0 aliphatic carbocycles. The van der Waals surface area contributed by atoms with Gasteiger partial charge in [-0.2, -0.15) is 5.26 Å². The number of allylic oxidation sites excluding steroid dienone is 1. The minimum Gasteiger partial charge on any atom is -0.396 e. The van der Waals surface area contributed by atoms with Crippen LogP contribution >= 0.6 is 0 Å². The Kier molecular flexibility index (Phi) is 3.25. The van der Waals surface area contributed by atoms with Gasteiger partial charge < -0.3 is 10.3 Å². The quantitative estimate of drug-likeness (QED) is 0.735. The number of aromatic nitrogens is 1. The number of fused-ring (bicyclic) bond motifs is 3. The fraction of sp³-hybridized carbons (Fsp3) is 0.0952. The first-order valence-corrected chi connectivity index (χ1v) is 7.94. The van der Waals surface area contributed by atoms with Crippen LogP contribution < -0.4 is 5.73 Å². The molecular formula is C21H17N3. The Labute approximate surface area is 141 Å². The lowest BCUT2D eigenvalue weighted by atomic mass is 9.83. The lowest BCUT2D eigenvalue weighted by Crippen LogP contribution is -2.09. The molecule has 24 heavy (non-hydrogen) atoms. The molecule has 2 heterocycles. The molecule has 3 heteroatoms. The second kappa shape index (κ2) is 5.43. The summed E-state index contributed by atoms with van der Waals surface area (Å²) >= 11 is 0. The fourth-order valence-corrected chi connectivity index (χ4v) is 3.50. The number of nitrogens with two attached hydrogens (primary N) is 1. The largest absolute Gasteiger partial charge is 0.396 e. The average Bonchev–Trinajstić information content (AvgIpc) is 3.06. The van der Waals surface area contributed by atoms with E-state index in [4.69, 9.17) is 5.73 Å². The highest BCUT2D eigenvalue weighted by Crippen LogP contribution is 2.41. The molecule has 2 N–H and O–H groups in total. The fourth-order valence-electron chi connectivity index (χ4n) is 3.50. The number of rotatable bonds is 1. The molecule has 1 atom stereocenters. The van der Waals surface area contributed by atoms with Crippen LogP contribution in [0.5, 0.6) is 0 Å². The highest BCUT2D eigenvalue weighted by Gasteiger charge is 2.29. The van der Waals surface area contributed by atoms with Crippen LogP contribution in [0.15, 0.2) is 72.4 Å². The summed E-state index contributed by atoms with van der Waals surface area (Å²) in [5, 5.41) is 9.88. The summed E-state index contributed by atoms with van der Waals surface area (Å²) in [6, 6.07) is 22.8. The number of nitriles is 1. The van der Waals surface area contributed by atoms with Crippen molar-refractivity contribution in [2.24, 2.45) is 5.73 Å². The van der Waals surface area contributed by atoms with Crippen LogP contribution in [0.1, 0.15) is 28.3 Å². The lowest BCUT2D eigenvalue weighted by molar-refractivity contribution is 0.956. The predicted molar refractivity (Wildman–Crippen MR) is 95.5 cm³/mol. The normalized spacial score (nSPS) is 16.1. The van der Waals surface area contributed by atoms with Gasteiger partial charge in [0.1, 0.15) is 0 Å². The molecule has 0 amide bonds. The summed E-state index contributed by atoms with van der Waals surface area (Å²) in [4.78, 5) is 0. The topological polar surface area (TPSA) is 54.7 Å². The summed E-state index contributed by atoms with van der Waals surface area (Å²) < 4.78 is 2.07. The molecule has 1 aliphatic rings. The zero-order chi connectivity index (χ0) is 16.7. The molecule has 0 spiro atoms. The highest BCUT2D eigenvalue weighted by molar-refractivity contribution is 5.75. The van der Waals surface area contributed by atoms with E-state index < -0.39 is 0 Å². The molecule has 0 saturated carbocycles. The van der Waals surface area contributed by atoms with Crippen molar-refractivity contribution in [3.8, 4) is 11.8 Å². The Morgan fingerprint density at radius 3 is 2.58 bits per heavy atom. The maximum absolute atomic E-state index is 9.88. The molecule has 3 aromatic rings. The zero-order valence-corrected chi connectivity index (χ0v) is 13.4. The van der Waals surface area contributed by atoms with Crippen molar-refractivity contribution in [1.29, 1.82) is 5.26 Å². The van der Waals surface area contributed by atoms with Crippen molar-refractivity contribution >= 4 is 5.70 Å². The van der Waals surface area contributed by atoms with E-state index in [1.54, 1.807) is 0 Å². The number of nitrogens with zero attached hydrogens (tertiary/aromatic N) is 2. The first-order chi connectivity index (χ1) is 11.7. The molecule has 0 saturated heterocycles. The van der Waals surface area contributed by atoms with Gasteiger partial charge in [0.25, 0.3) is 0 Å². The summed E-state index contributed by atoms with van der Waals surface area (Å²) in [5.74, 6) is -0.161. The third-order valence-corrected chi connectivity index (χ3v) is 4.61. The molecule has 1 aliphatic heterocycles. The van der Waals surface area contributed by atoms with E-state index >= 15 is 0 Å². The summed E-state index contributed by atoms with van der Waals surface area (Å²) in [7, 11) is 0. The second-order valence-electron chi connectivity index (χ2n) is 6.11. The van der Waals surface area contributed by atoms with Crippen LogP contribution in [0, 0.1) is 18.3 Å². The van der Waals surface area contributed by atoms with E-state index in [-0.39, 0.29) is 5.92 Å². The molecular weight excluding hydrogens is 294 g/mol. The zero-order valence-electron chi connectivity index (χ0n) is 13.4. The van der Waals surface area contributed by atoms with Gasteiger partial charge in [-0.3, -0.25) is 0 Å². The Morgan fingerprint density at radius 2 is 1.83 bits per heavy atom. The second-order valence-corrected chi connectivity index (χ2v) is 6.11. The number of hydrogen-bond donors (Lipinski definition) is 1. The Balaban J connectivity index is 2.12. The van der Waals surface area contributed by atoms with E-state index in [0.29, 0.717) is 11.3 Å². The van der Waals surface area contributed by atoms with Crippen LogP contribution in [0.3, 0.4) is 0 Å². The SMILES string of the molecule is Cc1ccc2c(c1)C(c1ccccc1)C(C#N)=C(N)c1cccn1-2. The van der Waals surface area contributed by atoms with Crippen molar-refractivity contribution in [2.45, 2.75) is 12.8 Å². The van der Waals surface area contributed by atoms with E-state index in [0.717, 1.165) is 22.5 Å². The van der Waals surface area contributed by atoms with Crippen LogP contribution in [-0.2, 0) is 0 Å². The van der Waals surface area contributed by atoms with Crippen molar-refractivity contribution in [1.82, 2.24) is 4.57 Å². The van der Waals surface area contributed by atoms with Gasteiger partial charge in [-0.25, -0.2) is 0 Å². The van der Waals surface area contributed by atoms with Crippen molar-refractivity contribution < 1.29 is 0 Å². The molecule has 3 nitrogen and oxygen atoms in total. The van der Waals surface area contributed by atoms with E-state index in [9.17, 15) is 5.26 Å². The smallest absolute Gasteiger partial charge is 0.0979 e. The first-order valence-electron chi connectivity index (χ1n) is 7.94. The molecule has 0 bridgehead atoms. The van der Waals surface area contributed by atoms with E-state index in [2.05, 4.69) is 47.9 Å². The first kappa shape index (κ1) is 14.3. The van der Waals surface area contributed by atoms with E-state index in [1.165, 1.54) is 5.56 Å². The van der Waals surface area contributed by atoms with Gasteiger partial charge in [0, 0.05) is 17.8 Å². The standard InChI is InChI=1S/C21H17N3/c1-14-9-10-18-16(12-14)20(15-6-3-2-4-7-15)17(13-22)21(23)19-8-5-11-24(18)19/h2-12,20H,23H2,1H3. The lowest BCUT2D eigenvalue weighted by Gasteiger charge is -2.20. The highest BCUT2D eigenvalue weighted by atomic mass is 15.0. The summed E-state index contributed by atoms with van der Waals surface area (Å²) in [6.07, 6.45) is 2.00. The van der Waals surface area contributed by atoms with Crippen molar-refractivity contribution in [2.75, 3.05) is 0 Å². The Morgan fingerprint density at radius 1 is 1.04 bits per heavy atom. The van der Waals surface area contributed by atoms with Gasteiger partial charge in [-0.05, 0) is 36.2 Å². The molecule has 0 fully saturated rings. The molecule has 0 radical (unpaired) electrons. The average molecular weight is 311 g/mol. The van der Waals surface area contributed by atoms with Gasteiger partial charge in [-0.15, -0.1) is 0 Å². The molecule has 2 aromatic carbocycles. The van der Waals surface area contributed by atoms with Crippen LogP contribution in [0.25, 0.3) is 11.4 Å². The molecule has 4 rings (SSSR count). The number of aryl methyl sites for hydroxylation is 1. The monoisotopic (exact) mass is 311 g/mol. The van der Waals surface area contributed by atoms with Gasteiger partial charge in [-0.1, -0.05) is 48.0 Å². The van der Waals surface area contributed by atoms with Gasteiger partial charge in [0.2, 0.25) is 0 Å². The van der Waals surface area contributed by atoms with Crippen molar-refractivity contribution in [3.63, 3.8) is 0 Å². The number of hydrogen-bond acceptors (Lipinski definition) is 2. The van der Waals surface area contributed by atoms with Crippen LogP contribution in [0.2, 0.25) is 0 Å². The Bertz CT molecular complexity index is 987. The molecule has 116 valence electrons.